The van der Waals surface area contributed by atoms with E-state index < -0.39 is 21.9 Å². The summed E-state index contributed by atoms with van der Waals surface area (Å²) in [5.74, 6) is -0.0301. The van der Waals surface area contributed by atoms with E-state index in [4.69, 9.17) is 14.2 Å². The molecule has 2 aliphatic rings. The molecule has 1 amide bonds. The fraction of sp³-hybridized carbons (Fsp3) is 0.458. The zero-order valence-corrected chi connectivity index (χ0v) is 19.8. The zero-order chi connectivity index (χ0) is 23.5. The summed E-state index contributed by atoms with van der Waals surface area (Å²) >= 11 is 0. The van der Waals surface area contributed by atoms with Crippen molar-refractivity contribution in [1.29, 1.82) is 0 Å². The molecule has 2 saturated heterocycles. The first-order valence-corrected chi connectivity index (χ1v) is 12.6. The second-order valence-corrected chi connectivity index (χ2v) is 10.2. The fourth-order valence-corrected chi connectivity index (χ4v) is 5.45. The summed E-state index contributed by atoms with van der Waals surface area (Å²) in [6.45, 7) is 4.08. The van der Waals surface area contributed by atoms with Crippen LogP contribution in [-0.4, -0.2) is 58.4 Å². The van der Waals surface area contributed by atoms with Crippen molar-refractivity contribution in [3.8, 4) is 5.75 Å². The van der Waals surface area contributed by atoms with Crippen molar-refractivity contribution in [2.75, 3.05) is 33.4 Å². The first-order chi connectivity index (χ1) is 15.8. The van der Waals surface area contributed by atoms with Crippen LogP contribution in [0.4, 0.5) is 0 Å². The van der Waals surface area contributed by atoms with Crippen LogP contribution in [0.15, 0.2) is 53.4 Å². The standard InChI is InChI=1S/C24H30N2O6S/c1-18-3-9-21(10-4-18)33(28,29)25-22(19-5-7-20(30-2)8-6-19)17-23(27)26-13-11-24(12-14-26)31-15-16-32-24/h3-10,22,25H,11-17H2,1-2H3/t22-/m1/s1. The van der Waals surface area contributed by atoms with Gasteiger partial charge in [0.15, 0.2) is 5.79 Å². The molecule has 0 saturated carbocycles. The van der Waals surface area contributed by atoms with Crippen LogP contribution in [0, 0.1) is 6.92 Å². The summed E-state index contributed by atoms with van der Waals surface area (Å²) in [7, 11) is -2.26. The van der Waals surface area contributed by atoms with Gasteiger partial charge in [-0.2, -0.15) is 0 Å². The highest BCUT2D eigenvalue weighted by Gasteiger charge is 2.41. The van der Waals surface area contributed by atoms with Gasteiger partial charge in [0.1, 0.15) is 5.75 Å². The average molecular weight is 475 g/mol. The molecule has 0 aliphatic carbocycles. The van der Waals surface area contributed by atoms with Crippen molar-refractivity contribution in [3.05, 3.63) is 59.7 Å². The first kappa shape index (κ1) is 23.7. The average Bonchev–Trinajstić information content (AvgIpc) is 3.27. The molecule has 0 bridgehead atoms. The molecule has 2 heterocycles. The minimum Gasteiger partial charge on any atom is -0.497 e. The number of piperidine rings is 1. The summed E-state index contributed by atoms with van der Waals surface area (Å²) in [6, 6.07) is 13.0. The molecule has 1 spiro atoms. The van der Waals surface area contributed by atoms with E-state index in [9.17, 15) is 13.2 Å². The second kappa shape index (κ2) is 9.80. The molecule has 2 aromatic rings. The van der Waals surface area contributed by atoms with Gasteiger partial charge in [-0.3, -0.25) is 4.79 Å². The van der Waals surface area contributed by atoms with E-state index in [1.54, 1.807) is 60.5 Å². The van der Waals surface area contributed by atoms with Crippen molar-refractivity contribution < 1.29 is 27.4 Å². The number of carbonyl (C=O) groups is 1. The lowest BCUT2D eigenvalue weighted by atomic mass is 10.0. The topological polar surface area (TPSA) is 94.2 Å². The van der Waals surface area contributed by atoms with Crippen LogP contribution in [0.25, 0.3) is 0 Å². The van der Waals surface area contributed by atoms with Gasteiger partial charge in [0, 0.05) is 32.4 Å². The third-order valence-corrected chi connectivity index (χ3v) is 7.70. The van der Waals surface area contributed by atoms with Crippen LogP contribution >= 0.6 is 0 Å². The predicted molar refractivity (Wildman–Crippen MR) is 122 cm³/mol. The van der Waals surface area contributed by atoms with Gasteiger partial charge >= 0.3 is 0 Å². The minimum absolute atomic E-state index is 0.00609. The van der Waals surface area contributed by atoms with Crippen LogP contribution in [-0.2, 0) is 24.3 Å². The van der Waals surface area contributed by atoms with Gasteiger partial charge in [-0.25, -0.2) is 13.1 Å². The number of hydrogen-bond donors (Lipinski definition) is 1. The summed E-state index contributed by atoms with van der Waals surface area (Å²) in [5.41, 5.74) is 1.66. The van der Waals surface area contributed by atoms with Gasteiger partial charge in [-0.15, -0.1) is 0 Å². The molecular weight excluding hydrogens is 444 g/mol. The van der Waals surface area contributed by atoms with E-state index in [0.29, 0.717) is 50.5 Å². The SMILES string of the molecule is COc1ccc([C@@H](CC(=O)N2CCC3(CC2)OCCO3)NS(=O)(=O)c2ccc(C)cc2)cc1. The number of aryl methyl sites for hydroxylation is 1. The summed E-state index contributed by atoms with van der Waals surface area (Å²) in [5, 5.41) is 0. The smallest absolute Gasteiger partial charge is 0.241 e. The maximum absolute atomic E-state index is 13.2. The Morgan fingerprint density at radius 1 is 1.06 bits per heavy atom. The van der Waals surface area contributed by atoms with Crippen molar-refractivity contribution >= 4 is 15.9 Å². The quantitative estimate of drug-likeness (QED) is 0.663. The van der Waals surface area contributed by atoms with Crippen molar-refractivity contribution in [2.45, 2.75) is 42.9 Å². The van der Waals surface area contributed by atoms with Crippen LogP contribution in [0.3, 0.4) is 0 Å². The Balaban J connectivity index is 1.51. The Morgan fingerprint density at radius 3 is 2.24 bits per heavy atom. The van der Waals surface area contributed by atoms with Crippen molar-refractivity contribution in [2.24, 2.45) is 0 Å². The Hall–Kier alpha value is -2.46. The van der Waals surface area contributed by atoms with Crippen LogP contribution in [0.1, 0.15) is 36.4 Å². The Morgan fingerprint density at radius 2 is 1.67 bits per heavy atom. The van der Waals surface area contributed by atoms with E-state index in [0.717, 1.165) is 5.56 Å². The Bertz CT molecular complexity index is 1050. The Labute approximate surface area is 194 Å². The molecule has 33 heavy (non-hydrogen) atoms. The molecule has 1 atom stereocenters. The molecule has 2 aromatic carbocycles. The number of rotatable bonds is 7. The highest BCUT2D eigenvalue weighted by Crippen LogP contribution is 2.32. The molecule has 2 fully saturated rings. The molecule has 0 unspecified atom stereocenters. The zero-order valence-electron chi connectivity index (χ0n) is 19.0. The van der Waals surface area contributed by atoms with Crippen molar-refractivity contribution in [3.63, 3.8) is 0 Å². The first-order valence-electron chi connectivity index (χ1n) is 11.1. The molecular formula is C24H30N2O6S. The lowest BCUT2D eigenvalue weighted by molar-refractivity contribution is -0.187. The number of likely N-dealkylation sites (tertiary alicyclic amines) is 1. The van der Waals surface area contributed by atoms with Gasteiger partial charge < -0.3 is 19.1 Å². The molecule has 4 rings (SSSR count). The lowest BCUT2D eigenvalue weighted by Gasteiger charge is -2.38. The predicted octanol–water partition coefficient (Wildman–Crippen LogP) is 2.78. The normalized spacial score (nSPS) is 18.9. The highest BCUT2D eigenvalue weighted by molar-refractivity contribution is 7.89. The number of hydrogen-bond acceptors (Lipinski definition) is 6. The lowest BCUT2D eigenvalue weighted by Crippen LogP contribution is -2.48. The van der Waals surface area contributed by atoms with E-state index in [1.807, 2.05) is 6.92 Å². The number of sulfonamides is 1. The van der Waals surface area contributed by atoms with E-state index in [-0.39, 0.29) is 17.2 Å². The molecule has 0 radical (unpaired) electrons. The number of methoxy groups -OCH3 is 1. The summed E-state index contributed by atoms with van der Waals surface area (Å²) in [6.07, 6.45) is 1.23. The molecule has 178 valence electrons. The van der Waals surface area contributed by atoms with E-state index >= 15 is 0 Å². The van der Waals surface area contributed by atoms with Gasteiger partial charge in [0.25, 0.3) is 0 Å². The highest BCUT2D eigenvalue weighted by atomic mass is 32.2. The second-order valence-electron chi connectivity index (χ2n) is 8.45. The number of benzene rings is 2. The summed E-state index contributed by atoms with van der Waals surface area (Å²) < 4.78 is 45.6. The van der Waals surface area contributed by atoms with E-state index in [1.165, 1.54) is 0 Å². The Kier molecular flexibility index (Phi) is 7.04. The fourth-order valence-electron chi connectivity index (χ4n) is 4.22. The molecule has 1 N–H and O–H groups in total. The number of nitrogens with one attached hydrogen (secondary N) is 1. The minimum atomic E-state index is -3.83. The number of amides is 1. The number of ether oxygens (including phenoxy) is 3. The molecule has 0 aromatic heterocycles. The number of carbonyl (C=O) groups excluding carboxylic acids is 1. The third kappa shape index (κ3) is 5.55. The molecule has 2 aliphatic heterocycles. The van der Waals surface area contributed by atoms with Crippen molar-refractivity contribution in [1.82, 2.24) is 9.62 Å². The van der Waals surface area contributed by atoms with Gasteiger partial charge in [-0.05, 0) is 36.8 Å². The van der Waals surface area contributed by atoms with Gasteiger partial charge in [0.2, 0.25) is 15.9 Å². The maximum atomic E-state index is 13.2. The van der Waals surface area contributed by atoms with Crippen LogP contribution in [0.5, 0.6) is 5.75 Å². The maximum Gasteiger partial charge on any atom is 0.241 e. The number of nitrogens with zero attached hydrogens (tertiary/aromatic N) is 1. The van der Waals surface area contributed by atoms with Crippen LogP contribution in [0.2, 0.25) is 0 Å². The monoisotopic (exact) mass is 474 g/mol. The summed E-state index contributed by atoms with van der Waals surface area (Å²) in [4.78, 5) is 15.1. The third-order valence-electron chi connectivity index (χ3n) is 6.22. The van der Waals surface area contributed by atoms with E-state index in [2.05, 4.69) is 4.72 Å². The molecule has 9 heteroatoms. The van der Waals surface area contributed by atoms with Gasteiger partial charge in [-0.1, -0.05) is 29.8 Å². The largest absolute Gasteiger partial charge is 0.497 e. The van der Waals surface area contributed by atoms with Gasteiger partial charge in [0.05, 0.1) is 31.3 Å². The molecule has 8 nitrogen and oxygen atoms in total. The van der Waals surface area contributed by atoms with Crippen LogP contribution < -0.4 is 9.46 Å².